The zero-order valence-electron chi connectivity index (χ0n) is 12.6. The Morgan fingerprint density at radius 1 is 1.13 bits per heavy atom. The lowest BCUT2D eigenvalue weighted by atomic mass is 10.2. The number of carbonyl (C=O) groups is 1. The van der Waals surface area contributed by atoms with Gasteiger partial charge in [0.2, 0.25) is 0 Å². The van der Waals surface area contributed by atoms with Crippen molar-refractivity contribution in [2.75, 3.05) is 5.75 Å². The molecule has 6 nitrogen and oxygen atoms in total. The van der Waals surface area contributed by atoms with Crippen molar-refractivity contribution >= 4 is 15.8 Å². The fourth-order valence-corrected chi connectivity index (χ4v) is 3.76. The van der Waals surface area contributed by atoms with E-state index < -0.39 is 26.9 Å². The van der Waals surface area contributed by atoms with Crippen molar-refractivity contribution in [3.63, 3.8) is 0 Å². The lowest BCUT2D eigenvalue weighted by molar-refractivity contribution is 0.0694. The Kier molecular flexibility index (Phi) is 5.00. The molecule has 1 heterocycles. The molecule has 7 heteroatoms. The van der Waals surface area contributed by atoms with Crippen LogP contribution in [0.25, 0.3) is 5.69 Å². The highest BCUT2D eigenvalue weighted by atomic mass is 32.2. The van der Waals surface area contributed by atoms with Gasteiger partial charge in [0, 0.05) is 11.4 Å². The second-order valence-electron chi connectivity index (χ2n) is 5.11. The van der Waals surface area contributed by atoms with E-state index in [0.717, 1.165) is 10.6 Å². The molecule has 1 aromatic carbocycles. The van der Waals surface area contributed by atoms with Crippen LogP contribution in [0.1, 0.15) is 29.4 Å². The van der Waals surface area contributed by atoms with Crippen molar-refractivity contribution in [3.05, 3.63) is 64.1 Å². The quantitative estimate of drug-likeness (QED) is 0.869. The van der Waals surface area contributed by atoms with E-state index in [1.165, 1.54) is 6.07 Å². The summed E-state index contributed by atoms with van der Waals surface area (Å²) in [7, 11) is -3.37. The molecule has 23 heavy (non-hydrogen) atoms. The fourth-order valence-electron chi connectivity index (χ4n) is 2.32. The summed E-state index contributed by atoms with van der Waals surface area (Å²) in [6.07, 6.45) is 0.477. The maximum absolute atomic E-state index is 12.5. The van der Waals surface area contributed by atoms with E-state index in [4.69, 9.17) is 5.11 Å². The summed E-state index contributed by atoms with van der Waals surface area (Å²) in [6, 6.07) is 10.9. The molecule has 0 saturated carbocycles. The number of aromatic nitrogens is 1. The second kappa shape index (κ2) is 6.78. The molecule has 0 aliphatic heterocycles. The van der Waals surface area contributed by atoms with Crippen molar-refractivity contribution in [2.45, 2.75) is 19.1 Å². The number of carboxylic acid groups (broad SMARTS) is 1. The van der Waals surface area contributed by atoms with E-state index in [9.17, 15) is 18.0 Å². The monoisotopic (exact) mass is 335 g/mol. The number of rotatable bonds is 6. The maximum Gasteiger partial charge on any atom is 0.341 e. The smallest absolute Gasteiger partial charge is 0.341 e. The van der Waals surface area contributed by atoms with Crippen LogP contribution in [0.15, 0.2) is 47.3 Å². The largest absolute Gasteiger partial charge is 0.477 e. The molecule has 0 atom stereocenters. The number of hydrogen-bond donors (Lipinski definition) is 1. The van der Waals surface area contributed by atoms with Gasteiger partial charge in [-0.1, -0.05) is 25.1 Å². The molecule has 0 unspecified atom stereocenters. The van der Waals surface area contributed by atoms with E-state index in [0.29, 0.717) is 12.1 Å². The number of sulfone groups is 1. The topological polar surface area (TPSA) is 93.4 Å². The Balaban J connectivity index is 2.66. The van der Waals surface area contributed by atoms with Gasteiger partial charge in [0.15, 0.2) is 9.84 Å². The minimum atomic E-state index is -3.37. The minimum Gasteiger partial charge on any atom is -0.477 e. The highest BCUT2D eigenvalue weighted by Crippen LogP contribution is 2.13. The van der Waals surface area contributed by atoms with Gasteiger partial charge in [-0.2, -0.15) is 0 Å². The predicted molar refractivity (Wildman–Crippen MR) is 86.8 cm³/mol. The van der Waals surface area contributed by atoms with Crippen molar-refractivity contribution < 1.29 is 18.3 Å². The number of benzene rings is 1. The van der Waals surface area contributed by atoms with Gasteiger partial charge >= 0.3 is 5.97 Å². The molecule has 0 amide bonds. The number of carboxylic acids is 1. The number of nitrogens with zero attached hydrogens (tertiary/aromatic N) is 1. The van der Waals surface area contributed by atoms with E-state index in [-0.39, 0.29) is 17.2 Å². The van der Waals surface area contributed by atoms with Gasteiger partial charge < -0.3 is 5.11 Å². The highest BCUT2D eigenvalue weighted by molar-refractivity contribution is 7.90. The SMILES string of the molecule is CCCS(=O)(=O)Cc1ccc(C(=O)O)c(=O)n1-c1ccccc1. The van der Waals surface area contributed by atoms with Gasteiger partial charge in [-0.25, -0.2) is 13.2 Å². The Morgan fingerprint density at radius 3 is 2.35 bits per heavy atom. The van der Waals surface area contributed by atoms with Gasteiger partial charge in [0.05, 0.1) is 11.5 Å². The van der Waals surface area contributed by atoms with Crippen LogP contribution in [-0.2, 0) is 15.6 Å². The Labute approximate surface area is 133 Å². The predicted octanol–water partition coefficient (Wildman–Crippen LogP) is 1.86. The fraction of sp³-hybridized carbons (Fsp3) is 0.250. The van der Waals surface area contributed by atoms with Crippen molar-refractivity contribution in [3.8, 4) is 5.69 Å². The average Bonchev–Trinajstić information content (AvgIpc) is 2.47. The molecule has 2 aromatic rings. The number of aromatic carboxylic acids is 1. The maximum atomic E-state index is 12.5. The molecule has 1 aromatic heterocycles. The summed E-state index contributed by atoms with van der Waals surface area (Å²) < 4.78 is 25.3. The average molecular weight is 335 g/mol. The lowest BCUT2D eigenvalue weighted by Gasteiger charge is -2.14. The molecule has 0 aliphatic carbocycles. The molecule has 0 spiro atoms. The number of pyridine rings is 1. The zero-order valence-corrected chi connectivity index (χ0v) is 13.4. The summed E-state index contributed by atoms with van der Waals surface area (Å²) in [5.41, 5.74) is -0.458. The summed E-state index contributed by atoms with van der Waals surface area (Å²) in [5, 5.41) is 9.11. The second-order valence-corrected chi connectivity index (χ2v) is 7.30. The first kappa shape index (κ1) is 17.0. The molecular weight excluding hydrogens is 318 g/mol. The van der Waals surface area contributed by atoms with E-state index in [1.807, 2.05) is 0 Å². The molecule has 0 bridgehead atoms. The lowest BCUT2D eigenvalue weighted by Crippen LogP contribution is -2.28. The van der Waals surface area contributed by atoms with Gasteiger partial charge in [0.1, 0.15) is 5.56 Å². The first-order valence-corrected chi connectivity index (χ1v) is 8.92. The van der Waals surface area contributed by atoms with Crippen molar-refractivity contribution in [1.29, 1.82) is 0 Å². The van der Waals surface area contributed by atoms with Crippen molar-refractivity contribution in [2.24, 2.45) is 0 Å². The highest BCUT2D eigenvalue weighted by Gasteiger charge is 2.19. The number of para-hydroxylation sites is 1. The van der Waals surface area contributed by atoms with Gasteiger partial charge in [-0.05, 0) is 30.7 Å². The Morgan fingerprint density at radius 2 is 1.78 bits per heavy atom. The number of hydrogen-bond acceptors (Lipinski definition) is 4. The van der Waals surface area contributed by atoms with Gasteiger partial charge in [-0.3, -0.25) is 9.36 Å². The molecule has 2 rings (SSSR count). The van der Waals surface area contributed by atoms with Crippen LogP contribution < -0.4 is 5.56 Å². The van der Waals surface area contributed by atoms with Crippen LogP contribution in [0, 0.1) is 0 Å². The van der Waals surface area contributed by atoms with Crippen LogP contribution >= 0.6 is 0 Å². The Hall–Kier alpha value is -2.41. The molecule has 0 fully saturated rings. The Bertz CT molecular complexity index is 869. The van der Waals surface area contributed by atoms with E-state index in [2.05, 4.69) is 0 Å². The molecule has 0 aliphatic rings. The van der Waals surface area contributed by atoms with Gasteiger partial charge in [-0.15, -0.1) is 0 Å². The van der Waals surface area contributed by atoms with Crippen LogP contribution in [0.2, 0.25) is 0 Å². The molecule has 122 valence electrons. The third-order valence-electron chi connectivity index (χ3n) is 3.29. The first-order chi connectivity index (χ1) is 10.9. The van der Waals surface area contributed by atoms with Crippen LogP contribution in [-0.4, -0.2) is 29.8 Å². The van der Waals surface area contributed by atoms with E-state index in [1.54, 1.807) is 37.3 Å². The van der Waals surface area contributed by atoms with E-state index >= 15 is 0 Å². The van der Waals surface area contributed by atoms with Crippen molar-refractivity contribution in [1.82, 2.24) is 4.57 Å². The van der Waals surface area contributed by atoms with Crippen LogP contribution in [0.5, 0.6) is 0 Å². The molecule has 0 saturated heterocycles. The standard InChI is InChI=1S/C16H17NO5S/c1-2-10-23(21,22)11-13-8-9-14(16(19)20)15(18)17(13)12-6-4-3-5-7-12/h3-9H,2,10-11H2,1H3,(H,19,20). The summed E-state index contributed by atoms with van der Waals surface area (Å²) in [6.45, 7) is 1.76. The summed E-state index contributed by atoms with van der Waals surface area (Å²) >= 11 is 0. The minimum absolute atomic E-state index is 0.0106. The van der Waals surface area contributed by atoms with Crippen LogP contribution in [0.3, 0.4) is 0 Å². The summed E-state index contributed by atoms with van der Waals surface area (Å²) in [5.74, 6) is -1.65. The third-order valence-corrected chi connectivity index (χ3v) is 5.06. The molecule has 1 N–H and O–H groups in total. The van der Waals surface area contributed by atoms with Crippen LogP contribution in [0.4, 0.5) is 0 Å². The summed E-state index contributed by atoms with van der Waals surface area (Å²) in [4.78, 5) is 23.6. The normalized spacial score (nSPS) is 11.3. The third kappa shape index (κ3) is 3.87. The molecule has 0 radical (unpaired) electrons. The molecular formula is C16H17NO5S. The van der Waals surface area contributed by atoms with Gasteiger partial charge in [0.25, 0.3) is 5.56 Å². The first-order valence-electron chi connectivity index (χ1n) is 7.10. The zero-order chi connectivity index (χ0) is 17.0.